The largest absolute Gasteiger partial charge is 0.383 e. The first-order valence-electron chi connectivity index (χ1n) is 6.01. The maximum Gasteiger partial charge on any atom is 0.222 e. The third-order valence-electron chi connectivity index (χ3n) is 3.09. The van der Waals surface area contributed by atoms with Gasteiger partial charge in [-0.1, -0.05) is 24.3 Å². The van der Waals surface area contributed by atoms with Gasteiger partial charge in [-0.2, -0.15) is 10.2 Å². The van der Waals surface area contributed by atoms with Crippen LogP contribution in [0.3, 0.4) is 0 Å². The summed E-state index contributed by atoms with van der Waals surface area (Å²) < 4.78 is 0. The van der Waals surface area contributed by atoms with Gasteiger partial charge in [0.2, 0.25) is 5.95 Å². The Morgan fingerprint density at radius 2 is 1.70 bits per heavy atom. The van der Waals surface area contributed by atoms with Crippen LogP contribution in [-0.2, 0) is 0 Å². The first-order valence-corrected chi connectivity index (χ1v) is 6.01. The summed E-state index contributed by atoms with van der Waals surface area (Å²) in [6, 6.07) is 15.1. The average Bonchev–Trinajstić information content (AvgIpc) is 2.46. The highest BCUT2D eigenvalue weighted by atomic mass is 15.0. The van der Waals surface area contributed by atoms with Gasteiger partial charge in [-0.3, -0.25) is 0 Å². The Kier molecular flexibility index (Phi) is 2.70. The molecule has 0 atom stereocenters. The van der Waals surface area contributed by atoms with E-state index in [9.17, 15) is 0 Å². The second-order valence-corrected chi connectivity index (χ2v) is 4.36. The smallest absolute Gasteiger partial charge is 0.222 e. The highest BCUT2D eigenvalue weighted by molar-refractivity contribution is 6.01. The number of anilines is 2. The van der Waals surface area contributed by atoms with Crippen LogP contribution in [0.1, 0.15) is 5.56 Å². The van der Waals surface area contributed by atoms with E-state index in [1.165, 1.54) is 0 Å². The molecular formula is C15H11N5. The Hall–Kier alpha value is -3.13. The quantitative estimate of drug-likeness (QED) is 0.700. The number of nitrogens with two attached hydrogens (primary N) is 2. The molecule has 1 aromatic heterocycles. The first kappa shape index (κ1) is 11.9. The molecule has 5 heteroatoms. The molecule has 0 fully saturated rings. The molecule has 0 spiro atoms. The van der Waals surface area contributed by atoms with Gasteiger partial charge in [-0.05, 0) is 29.3 Å². The number of nitriles is 1. The Balaban J connectivity index is 2.28. The van der Waals surface area contributed by atoms with Crippen LogP contribution in [0.4, 0.5) is 11.8 Å². The minimum Gasteiger partial charge on any atom is -0.383 e. The van der Waals surface area contributed by atoms with E-state index in [2.05, 4.69) is 16.0 Å². The SMILES string of the molecule is N#Cc1ccc(-c2cccc3nc(N)nc(N)c23)cc1. The molecule has 3 rings (SSSR count). The zero-order valence-corrected chi connectivity index (χ0v) is 10.5. The summed E-state index contributed by atoms with van der Waals surface area (Å²) in [5.41, 5.74) is 14.8. The lowest BCUT2D eigenvalue weighted by atomic mass is 10.00. The van der Waals surface area contributed by atoms with Crippen molar-refractivity contribution in [2.75, 3.05) is 11.5 Å². The summed E-state index contributed by atoms with van der Waals surface area (Å²) in [5, 5.41) is 9.61. The topological polar surface area (TPSA) is 102 Å². The van der Waals surface area contributed by atoms with Gasteiger partial charge in [0, 0.05) is 0 Å². The summed E-state index contributed by atoms with van der Waals surface area (Å²) in [4.78, 5) is 8.20. The van der Waals surface area contributed by atoms with Gasteiger partial charge < -0.3 is 11.5 Å². The zero-order valence-electron chi connectivity index (χ0n) is 10.5. The fraction of sp³-hybridized carbons (Fsp3) is 0. The van der Waals surface area contributed by atoms with E-state index >= 15 is 0 Å². The molecule has 96 valence electrons. The maximum absolute atomic E-state index is 8.84. The van der Waals surface area contributed by atoms with Crippen molar-refractivity contribution in [1.29, 1.82) is 5.26 Å². The van der Waals surface area contributed by atoms with Crippen LogP contribution in [0, 0.1) is 11.3 Å². The van der Waals surface area contributed by atoms with Crippen molar-refractivity contribution in [3.05, 3.63) is 48.0 Å². The molecule has 2 aromatic carbocycles. The van der Waals surface area contributed by atoms with Crippen LogP contribution in [0.15, 0.2) is 42.5 Å². The van der Waals surface area contributed by atoms with Gasteiger partial charge in [0.05, 0.1) is 22.5 Å². The van der Waals surface area contributed by atoms with Gasteiger partial charge in [-0.25, -0.2) is 4.98 Å². The molecule has 5 nitrogen and oxygen atoms in total. The van der Waals surface area contributed by atoms with Gasteiger partial charge in [-0.15, -0.1) is 0 Å². The minimum atomic E-state index is 0.159. The van der Waals surface area contributed by atoms with Crippen LogP contribution in [0.5, 0.6) is 0 Å². The van der Waals surface area contributed by atoms with Crippen molar-refractivity contribution in [1.82, 2.24) is 9.97 Å². The van der Waals surface area contributed by atoms with Gasteiger partial charge in [0.15, 0.2) is 0 Å². The van der Waals surface area contributed by atoms with Crippen molar-refractivity contribution in [3.8, 4) is 17.2 Å². The molecule has 0 radical (unpaired) electrons. The summed E-state index contributed by atoms with van der Waals surface area (Å²) >= 11 is 0. The lowest BCUT2D eigenvalue weighted by molar-refractivity contribution is 1.25. The van der Waals surface area contributed by atoms with E-state index in [1.54, 1.807) is 12.1 Å². The zero-order chi connectivity index (χ0) is 14.1. The molecule has 0 unspecified atom stereocenters. The third-order valence-corrected chi connectivity index (χ3v) is 3.09. The second-order valence-electron chi connectivity index (χ2n) is 4.36. The number of aromatic nitrogens is 2. The second kappa shape index (κ2) is 4.52. The van der Waals surface area contributed by atoms with E-state index in [0.29, 0.717) is 16.9 Å². The van der Waals surface area contributed by atoms with Crippen LogP contribution in [0.25, 0.3) is 22.0 Å². The maximum atomic E-state index is 8.84. The van der Waals surface area contributed by atoms with Crippen LogP contribution >= 0.6 is 0 Å². The highest BCUT2D eigenvalue weighted by Gasteiger charge is 2.09. The number of rotatable bonds is 1. The minimum absolute atomic E-state index is 0.159. The molecule has 0 bridgehead atoms. The normalized spacial score (nSPS) is 10.3. The third kappa shape index (κ3) is 1.89. The molecule has 0 saturated heterocycles. The van der Waals surface area contributed by atoms with Crippen molar-refractivity contribution in [2.24, 2.45) is 0 Å². The highest BCUT2D eigenvalue weighted by Crippen LogP contribution is 2.31. The summed E-state index contributed by atoms with van der Waals surface area (Å²) in [5.74, 6) is 0.513. The van der Waals surface area contributed by atoms with Crippen molar-refractivity contribution in [3.63, 3.8) is 0 Å². The summed E-state index contributed by atoms with van der Waals surface area (Å²) in [7, 11) is 0. The fourth-order valence-electron chi connectivity index (χ4n) is 2.20. The lowest BCUT2D eigenvalue weighted by Crippen LogP contribution is -2.01. The Morgan fingerprint density at radius 3 is 2.40 bits per heavy atom. The number of benzene rings is 2. The fourth-order valence-corrected chi connectivity index (χ4v) is 2.20. The molecule has 0 aliphatic heterocycles. The monoisotopic (exact) mass is 261 g/mol. The predicted octanol–water partition coefficient (Wildman–Crippen LogP) is 2.33. The molecule has 20 heavy (non-hydrogen) atoms. The van der Waals surface area contributed by atoms with Crippen molar-refractivity contribution >= 4 is 22.7 Å². The van der Waals surface area contributed by atoms with E-state index in [1.807, 2.05) is 30.3 Å². The van der Waals surface area contributed by atoms with Crippen LogP contribution in [0.2, 0.25) is 0 Å². The standard InChI is InChI=1S/C15H11N5/c16-8-9-4-6-10(7-5-9)11-2-1-3-12-13(11)14(17)20-15(18)19-12/h1-7H,(H4,17,18,19,20). The number of hydrogen-bond acceptors (Lipinski definition) is 5. The number of hydrogen-bond donors (Lipinski definition) is 2. The average molecular weight is 261 g/mol. The predicted molar refractivity (Wildman–Crippen MR) is 78.5 cm³/mol. The van der Waals surface area contributed by atoms with Crippen molar-refractivity contribution < 1.29 is 0 Å². The molecular weight excluding hydrogens is 250 g/mol. The number of fused-ring (bicyclic) bond motifs is 1. The Morgan fingerprint density at radius 1 is 0.950 bits per heavy atom. The number of nitrogens with zero attached hydrogens (tertiary/aromatic N) is 3. The molecule has 0 saturated carbocycles. The van der Waals surface area contributed by atoms with Gasteiger partial charge in [0.1, 0.15) is 5.82 Å². The van der Waals surface area contributed by atoms with Crippen LogP contribution in [-0.4, -0.2) is 9.97 Å². The molecule has 0 aliphatic rings. The van der Waals surface area contributed by atoms with E-state index in [0.717, 1.165) is 16.5 Å². The van der Waals surface area contributed by atoms with E-state index < -0.39 is 0 Å². The Labute approximate surface area is 115 Å². The summed E-state index contributed by atoms with van der Waals surface area (Å²) in [6.45, 7) is 0. The molecule has 0 amide bonds. The number of nitrogen functional groups attached to an aromatic ring is 2. The van der Waals surface area contributed by atoms with Gasteiger partial charge in [0.25, 0.3) is 0 Å². The molecule has 0 aliphatic carbocycles. The van der Waals surface area contributed by atoms with Gasteiger partial charge >= 0.3 is 0 Å². The molecule has 3 aromatic rings. The first-order chi connectivity index (χ1) is 9.69. The van der Waals surface area contributed by atoms with E-state index in [4.69, 9.17) is 16.7 Å². The van der Waals surface area contributed by atoms with E-state index in [-0.39, 0.29) is 5.95 Å². The summed E-state index contributed by atoms with van der Waals surface area (Å²) in [6.07, 6.45) is 0. The molecule has 1 heterocycles. The van der Waals surface area contributed by atoms with Crippen LogP contribution < -0.4 is 11.5 Å². The Bertz CT molecular complexity index is 831. The molecule has 4 N–H and O–H groups in total. The van der Waals surface area contributed by atoms with Crippen molar-refractivity contribution in [2.45, 2.75) is 0 Å². The lowest BCUT2D eigenvalue weighted by Gasteiger charge is -2.09.